The minimum absolute atomic E-state index is 0.00318. The number of esters is 2. The summed E-state index contributed by atoms with van der Waals surface area (Å²) in [5.74, 6) is 0.462. The Labute approximate surface area is 234 Å². The van der Waals surface area contributed by atoms with E-state index in [1.165, 1.54) is 0 Å². The van der Waals surface area contributed by atoms with E-state index in [1.807, 2.05) is 47.2 Å². The number of allylic oxidation sites excluding steroid dienone is 2. The molecule has 212 valence electrons. The quantitative estimate of drug-likeness (QED) is 0.220. The van der Waals surface area contributed by atoms with Gasteiger partial charge in [0.1, 0.15) is 17.9 Å². The van der Waals surface area contributed by atoms with Crippen LogP contribution >= 0.6 is 0 Å². The smallest absolute Gasteiger partial charge is 0.344 e. The molecule has 0 fully saturated rings. The number of hydrogen-bond donors (Lipinski definition) is 2. The average Bonchev–Trinajstić information content (AvgIpc) is 3.36. The van der Waals surface area contributed by atoms with Crippen LogP contribution in [0.25, 0.3) is 11.0 Å². The maximum Gasteiger partial charge on any atom is 0.344 e. The van der Waals surface area contributed by atoms with Gasteiger partial charge >= 0.3 is 11.9 Å². The van der Waals surface area contributed by atoms with Gasteiger partial charge in [0.2, 0.25) is 5.95 Å². The maximum absolute atomic E-state index is 12.4. The second-order valence-corrected chi connectivity index (χ2v) is 9.64. The van der Waals surface area contributed by atoms with Gasteiger partial charge in [-0.2, -0.15) is 4.98 Å². The molecule has 0 atom stereocenters. The second-order valence-electron chi connectivity index (χ2n) is 9.64. The van der Waals surface area contributed by atoms with E-state index >= 15 is 0 Å². The normalized spacial score (nSPS) is 12.7. The molecule has 10 nitrogen and oxygen atoms in total. The van der Waals surface area contributed by atoms with Crippen LogP contribution in [0.3, 0.4) is 0 Å². The van der Waals surface area contributed by atoms with Gasteiger partial charge in [-0.15, -0.1) is 0 Å². The van der Waals surface area contributed by atoms with Gasteiger partial charge in [0.15, 0.2) is 12.4 Å². The number of nitrogens with two attached hydrogens (primary N) is 1. The van der Waals surface area contributed by atoms with Gasteiger partial charge in [0, 0.05) is 18.3 Å². The number of nitrogens with zero attached hydrogens (tertiary/aromatic N) is 3. The average molecular weight is 548 g/mol. The SMILES string of the molecule is CCCCCNc1nc(N)nc2ccn(Cc3ccc(CC(=O)OCC(=O)OCC4=CCCC=C4)cc3OC)c12. The predicted octanol–water partition coefficient (Wildman–Crippen LogP) is 4.58. The van der Waals surface area contributed by atoms with Gasteiger partial charge in [0.05, 0.1) is 25.6 Å². The number of fused-ring (bicyclic) bond motifs is 1. The lowest BCUT2D eigenvalue weighted by molar-refractivity contribution is -0.157. The molecule has 2 aromatic heterocycles. The highest BCUT2D eigenvalue weighted by molar-refractivity contribution is 5.87. The van der Waals surface area contributed by atoms with E-state index in [9.17, 15) is 9.59 Å². The van der Waals surface area contributed by atoms with Crippen molar-refractivity contribution in [2.45, 2.75) is 52.0 Å². The Hall–Kier alpha value is -4.34. The van der Waals surface area contributed by atoms with Crippen molar-refractivity contribution in [2.24, 2.45) is 0 Å². The zero-order valence-corrected chi connectivity index (χ0v) is 23.2. The molecule has 1 aromatic carbocycles. The number of unbranched alkanes of at least 4 members (excludes halogenated alkanes) is 2. The van der Waals surface area contributed by atoms with E-state index in [-0.39, 0.29) is 19.0 Å². The zero-order valence-electron chi connectivity index (χ0n) is 23.2. The Bertz CT molecular complexity index is 1390. The molecule has 40 heavy (non-hydrogen) atoms. The van der Waals surface area contributed by atoms with Crippen molar-refractivity contribution in [2.75, 3.05) is 37.9 Å². The van der Waals surface area contributed by atoms with Gasteiger partial charge in [-0.1, -0.05) is 50.1 Å². The molecule has 1 aliphatic rings. The van der Waals surface area contributed by atoms with Crippen molar-refractivity contribution in [3.8, 4) is 5.75 Å². The van der Waals surface area contributed by atoms with Gasteiger partial charge in [-0.05, 0) is 42.5 Å². The highest BCUT2D eigenvalue weighted by atomic mass is 16.6. The number of nitrogen functional groups attached to an aromatic ring is 1. The molecule has 0 aliphatic heterocycles. The molecular weight excluding hydrogens is 510 g/mol. The van der Waals surface area contributed by atoms with E-state index in [0.29, 0.717) is 23.7 Å². The second kappa shape index (κ2) is 14.2. The lowest BCUT2D eigenvalue weighted by Gasteiger charge is -2.14. The Balaban J connectivity index is 1.37. The van der Waals surface area contributed by atoms with Gasteiger partial charge in [-0.3, -0.25) is 4.79 Å². The monoisotopic (exact) mass is 547 g/mol. The number of ether oxygens (including phenoxy) is 3. The fourth-order valence-electron chi connectivity index (χ4n) is 4.51. The molecule has 0 spiro atoms. The van der Waals surface area contributed by atoms with Crippen LogP contribution in [0.1, 0.15) is 50.2 Å². The largest absolute Gasteiger partial charge is 0.496 e. The number of benzene rings is 1. The first kappa shape index (κ1) is 28.7. The lowest BCUT2D eigenvalue weighted by atomic mass is 10.1. The van der Waals surface area contributed by atoms with Crippen LogP contribution in [-0.2, 0) is 32.0 Å². The summed E-state index contributed by atoms with van der Waals surface area (Å²) in [6, 6.07) is 7.49. The van der Waals surface area contributed by atoms with Crippen LogP contribution in [0.15, 0.2) is 54.3 Å². The van der Waals surface area contributed by atoms with Gasteiger partial charge < -0.3 is 29.8 Å². The van der Waals surface area contributed by atoms with E-state index in [4.69, 9.17) is 19.9 Å². The van der Waals surface area contributed by atoms with Crippen molar-refractivity contribution in [3.05, 3.63) is 65.4 Å². The van der Waals surface area contributed by atoms with Crippen LogP contribution in [0.2, 0.25) is 0 Å². The number of carbonyl (C=O) groups is 2. The fraction of sp³-hybridized carbons (Fsp3) is 0.400. The summed E-state index contributed by atoms with van der Waals surface area (Å²) < 4.78 is 18.0. The van der Waals surface area contributed by atoms with Crippen LogP contribution < -0.4 is 15.8 Å². The van der Waals surface area contributed by atoms with E-state index in [2.05, 4.69) is 22.2 Å². The molecule has 10 heteroatoms. The number of methoxy groups -OCH3 is 1. The number of carbonyl (C=O) groups excluding carboxylic acids is 2. The van der Waals surface area contributed by atoms with Gasteiger partial charge in [-0.25, -0.2) is 9.78 Å². The molecule has 3 N–H and O–H groups in total. The Morgan fingerprint density at radius 2 is 1.98 bits per heavy atom. The van der Waals surface area contributed by atoms with Crippen molar-refractivity contribution in [1.29, 1.82) is 0 Å². The lowest BCUT2D eigenvalue weighted by Crippen LogP contribution is -2.18. The molecule has 0 saturated heterocycles. The minimum Gasteiger partial charge on any atom is -0.496 e. The van der Waals surface area contributed by atoms with Gasteiger partial charge in [0.25, 0.3) is 0 Å². The third-order valence-corrected chi connectivity index (χ3v) is 6.56. The molecule has 3 aromatic rings. The summed E-state index contributed by atoms with van der Waals surface area (Å²) in [6.07, 6.45) is 13.2. The molecule has 0 amide bonds. The number of anilines is 2. The summed E-state index contributed by atoms with van der Waals surface area (Å²) >= 11 is 0. The molecule has 1 aliphatic carbocycles. The number of hydrogen-bond acceptors (Lipinski definition) is 9. The Morgan fingerprint density at radius 3 is 2.75 bits per heavy atom. The molecule has 0 bridgehead atoms. The molecule has 0 unspecified atom stereocenters. The number of nitrogens with one attached hydrogen (secondary N) is 1. The first-order valence-corrected chi connectivity index (χ1v) is 13.7. The number of aromatic nitrogens is 3. The van der Waals surface area contributed by atoms with E-state index in [1.54, 1.807) is 13.2 Å². The predicted molar refractivity (Wildman–Crippen MR) is 154 cm³/mol. The first-order valence-electron chi connectivity index (χ1n) is 13.7. The van der Waals surface area contributed by atoms with Crippen molar-refractivity contribution < 1.29 is 23.8 Å². The van der Waals surface area contributed by atoms with E-state index in [0.717, 1.165) is 60.8 Å². The van der Waals surface area contributed by atoms with E-state index < -0.39 is 18.5 Å². The molecular formula is C30H37N5O5. The third-order valence-electron chi connectivity index (χ3n) is 6.56. The molecule has 4 rings (SSSR count). The Morgan fingerprint density at radius 1 is 1.10 bits per heavy atom. The molecule has 0 radical (unpaired) electrons. The van der Waals surface area contributed by atoms with Crippen molar-refractivity contribution in [1.82, 2.24) is 14.5 Å². The van der Waals surface area contributed by atoms with Crippen molar-refractivity contribution >= 4 is 34.7 Å². The van der Waals surface area contributed by atoms with Crippen LogP contribution in [-0.4, -0.2) is 53.3 Å². The standard InChI is InChI=1S/C30H37N5O5/c1-3-4-8-14-32-29-28-24(33-30(31)34-29)13-15-35(28)18-23-12-11-22(16-25(23)38-2)17-26(36)40-20-27(37)39-19-21-9-6-5-7-10-21/h6,9-13,15-16H,3-5,7-8,14,17-20H2,1-2H3,(H3,31,32,33,34). The summed E-state index contributed by atoms with van der Waals surface area (Å²) in [5.41, 5.74) is 10.1. The molecule has 0 saturated carbocycles. The van der Waals surface area contributed by atoms with Crippen LogP contribution in [0, 0.1) is 0 Å². The maximum atomic E-state index is 12.4. The summed E-state index contributed by atoms with van der Waals surface area (Å²) in [6.45, 7) is 3.22. The highest BCUT2D eigenvalue weighted by Gasteiger charge is 2.15. The number of rotatable bonds is 14. The Kier molecular flexibility index (Phi) is 10.1. The summed E-state index contributed by atoms with van der Waals surface area (Å²) in [5, 5.41) is 3.41. The molecule has 2 heterocycles. The summed E-state index contributed by atoms with van der Waals surface area (Å²) in [4.78, 5) is 33.2. The highest BCUT2D eigenvalue weighted by Crippen LogP contribution is 2.27. The third kappa shape index (κ3) is 7.84. The topological polar surface area (TPSA) is 131 Å². The summed E-state index contributed by atoms with van der Waals surface area (Å²) in [7, 11) is 1.59. The first-order chi connectivity index (χ1) is 19.5. The fourth-order valence-corrected chi connectivity index (χ4v) is 4.51. The van der Waals surface area contributed by atoms with Crippen molar-refractivity contribution in [3.63, 3.8) is 0 Å². The van der Waals surface area contributed by atoms with Crippen LogP contribution in [0.4, 0.5) is 11.8 Å². The minimum atomic E-state index is -0.579. The van der Waals surface area contributed by atoms with Crippen LogP contribution in [0.5, 0.6) is 5.75 Å². The zero-order chi connectivity index (χ0) is 28.3.